The number of hydrogen-bond donors (Lipinski definition) is 1. The van der Waals surface area contributed by atoms with Gasteiger partial charge in [0.1, 0.15) is 5.82 Å². The van der Waals surface area contributed by atoms with Gasteiger partial charge >= 0.3 is 0 Å². The molecule has 0 radical (unpaired) electrons. The summed E-state index contributed by atoms with van der Waals surface area (Å²) in [6, 6.07) is 12.5. The van der Waals surface area contributed by atoms with Gasteiger partial charge in [-0.05, 0) is 54.7 Å². The van der Waals surface area contributed by atoms with E-state index in [-0.39, 0.29) is 5.82 Å². The van der Waals surface area contributed by atoms with Crippen molar-refractivity contribution in [3.05, 3.63) is 54.5 Å². The molecule has 21 heavy (non-hydrogen) atoms. The Morgan fingerprint density at radius 2 is 1.67 bits per heavy atom. The van der Waals surface area contributed by atoms with Crippen molar-refractivity contribution in [3.8, 4) is 11.1 Å². The van der Waals surface area contributed by atoms with Crippen LogP contribution in [0.2, 0.25) is 0 Å². The molecule has 1 N–H and O–H groups in total. The SMILES string of the molecule is CS(C)(C)(=O)c1ccc(-c2c[nH]c3cc(F)ccc23)cc1. The highest BCUT2D eigenvalue weighted by molar-refractivity contribution is 8.18. The lowest BCUT2D eigenvalue weighted by molar-refractivity contribution is 0.629. The third kappa shape index (κ3) is 2.63. The zero-order valence-corrected chi connectivity index (χ0v) is 13.1. The molecule has 0 amide bonds. The number of halogens is 1. The molecule has 2 nitrogen and oxygen atoms in total. The van der Waals surface area contributed by atoms with Gasteiger partial charge in [-0.3, -0.25) is 4.21 Å². The summed E-state index contributed by atoms with van der Waals surface area (Å²) >= 11 is 0. The van der Waals surface area contributed by atoms with Crippen LogP contribution in [0, 0.1) is 5.82 Å². The molecule has 0 saturated carbocycles. The monoisotopic (exact) mass is 303 g/mol. The number of aromatic nitrogens is 1. The summed E-state index contributed by atoms with van der Waals surface area (Å²) in [4.78, 5) is 3.93. The van der Waals surface area contributed by atoms with Crippen molar-refractivity contribution < 1.29 is 8.60 Å². The van der Waals surface area contributed by atoms with E-state index < -0.39 is 9.07 Å². The topological polar surface area (TPSA) is 32.9 Å². The van der Waals surface area contributed by atoms with E-state index in [2.05, 4.69) is 4.98 Å². The van der Waals surface area contributed by atoms with Crippen molar-refractivity contribution in [2.24, 2.45) is 0 Å². The predicted molar refractivity (Wildman–Crippen MR) is 87.9 cm³/mol. The summed E-state index contributed by atoms with van der Waals surface area (Å²) in [6.45, 7) is 0. The van der Waals surface area contributed by atoms with Crippen LogP contribution in [0.25, 0.3) is 22.0 Å². The molecule has 0 atom stereocenters. The van der Waals surface area contributed by atoms with E-state index >= 15 is 0 Å². The normalized spacial score (nSPS) is 14.0. The molecular weight excluding hydrogens is 285 g/mol. The van der Waals surface area contributed by atoms with Gasteiger partial charge in [0.15, 0.2) is 0 Å². The quantitative estimate of drug-likeness (QED) is 0.761. The first-order valence-corrected chi connectivity index (χ1v) is 9.86. The summed E-state index contributed by atoms with van der Waals surface area (Å²) in [5, 5.41) is 0.978. The van der Waals surface area contributed by atoms with Crippen LogP contribution in [0.15, 0.2) is 53.6 Å². The molecule has 1 aromatic heterocycles. The van der Waals surface area contributed by atoms with Crippen LogP contribution in [0.1, 0.15) is 0 Å². The van der Waals surface area contributed by atoms with Crippen molar-refractivity contribution in [3.63, 3.8) is 0 Å². The second-order valence-corrected chi connectivity index (χ2v) is 11.6. The van der Waals surface area contributed by atoms with Crippen LogP contribution >= 0.6 is 0 Å². The number of aromatic amines is 1. The second kappa shape index (κ2) is 4.28. The van der Waals surface area contributed by atoms with E-state index in [0.717, 1.165) is 26.9 Å². The van der Waals surface area contributed by atoms with Crippen molar-refractivity contribution in [2.75, 3.05) is 18.8 Å². The molecule has 0 aliphatic carbocycles. The fraction of sp³-hybridized carbons (Fsp3) is 0.176. The molecule has 0 aliphatic heterocycles. The maximum Gasteiger partial charge on any atom is 0.125 e. The molecule has 1 heterocycles. The molecular formula is C17H18FNOS. The van der Waals surface area contributed by atoms with Gasteiger partial charge in [0, 0.05) is 27.6 Å². The fourth-order valence-corrected chi connectivity index (χ4v) is 3.50. The van der Waals surface area contributed by atoms with Crippen LogP contribution in [-0.4, -0.2) is 28.0 Å². The molecule has 4 heteroatoms. The van der Waals surface area contributed by atoms with E-state index in [9.17, 15) is 8.60 Å². The minimum absolute atomic E-state index is 0.253. The van der Waals surface area contributed by atoms with Gasteiger partial charge in [-0.15, -0.1) is 0 Å². The Morgan fingerprint density at radius 3 is 2.29 bits per heavy atom. The first-order chi connectivity index (χ1) is 9.71. The molecule has 110 valence electrons. The molecule has 0 bridgehead atoms. The Balaban J connectivity index is 2.10. The summed E-state index contributed by atoms with van der Waals surface area (Å²) in [5.41, 5.74) is 2.81. The average Bonchev–Trinajstić information content (AvgIpc) is 2.80. The van der Waals surface area contributed by atoms with Crippen LogP contribution in [0.5, 0.6) is 0 Å². The number of rotatable bonds is 2. The smallest absolute Gasteiger partial charge is 0.125 e. The largest absolute Gasteiger partial charge is 0.360 e. The molecule has 0 unspecified atom stereocenters. The van der Waals surface area contributed by atoms with Gasteiger partial charge in [0.2, 0.25) is 0 Å². The van der Waals surface area contributed by atoms with Gasteiger partial charge in [0.25, 0.3) is 0 Å². The average molecular weight is 303 g/mol. The summed E-state index contributed by atoms with van der Waals surface area (Å²) in [7, 11) is -2.73. The van der Waals surface area contributed by atoms with Gasteiger partial charge in [-0.25, -0.2) is 4.39 Å². The highest BCUT2D eigenvalue weighted by Gasteiger charge is 2.20. The van der Waals surface area contributed by atoms with Crippen LogP contribution in [-0.2, 0) is 9.07 Å². The van der Waals surface area contributed by atoms with Gasteiger partial charge in [-0.2, -0.15) is 0 Å². The Hall–Kier alpha value is -1.94. The van der Waals surface area contributed by atoms with Gasteiger partial charge < -0.3 is 4.98 Å². The van der Waals surface area contributed by atoms with Crippen molar-refractivity contribution in [2.45, 2.75) is 4.90 Å². The third-order valence-corrected chi connectivity index (χ3v) is 5.49. The predicted octanol–water partition coefficient (Wildman–Crippen LogP) is 4.04. The highest BCUT2D eigenvalue weighted by atomic mass is 32.3. The first-order valence-electron chi connectivity index (χ1n) is 6.67. The van der Waals surface area contributed by atoms with E-state index in [4.69, 9.17) is 0 Å². The molecule has 0 aliphatic rings. The summed E-state index contributed by atoms with van der Waals surface area (Å²) < 4.78 is 25.8. The first kappa shape index (κ1) is 14.0. The van der Waals surface area contributed by atoms with Crippen LogP contribution in [0.4, 0.5) is 4.39 Å². The fourth-order valence-electron chi connectivity index (χ4n) is 2.44. The maximum atomic E-state index is 13.2. The Bertz CT molecular complexity index is 876. The zero-order valence-electron chi connectivity index (χ0n) is 12.3. The molecule has 0 fully saturated rings. The van der Waals surface area contributed by atoms with Crippen molar-refractivity contribution in [1.82, 2.24) is 4.98 Å². The number of hydrogen-bond acceptors (Lipinski definition) is 1. The number of nitrogens with one attached hydrogen (secondary N) is 1. The molecule has 2 aromatic carbocycles. The van der Waals surface area contributed by atoms with Crippen molar-refractivity contribution in [1.29, 1.82) is 0 Å². The summed E-state index contributed by atoms with van der Waals surface area (Å²) in [6.07, 6.45) is 7.21. The Labute approximate surface area is 123 Å². The van der Waals surface area contributed by atoms with Gasteiger partial charge in [0.05, 0.1) is 0 Å². The molecule has 0 spiro atoms. The van der Waals surface area contributed by atoms with E-state index in [1.807, 2.05) is 30.5 Å². The lowest BCUT2D eigenvalue weighted by Gasteiger charge is -2.29. The molecule has 3 rings (SSSR count). The number of H-pyrrole nitrogens is 1. The standard InChI is InChI=1S/C17H18FNOS/c1-21(2,3,20)14-7-4-12(5-8-14)16-11-19-17-10-13(18)6-9-15(16)17/h4-11,19H,1-3H3. The van der Waals surface area contributed by atoms with E-state index in [1.165, 1.54) is 12.1 Å². The minimum atomic E-state index is -2.73. The molecule has 0 saturated heterocycles. The van der Waals surface area contributed by atoms with Crippen LogP contribution < -0.4 is 0 Å². The van der Waals surface area contributed by atoms with E-state index in [1.54, 1.807) is 24.8 Å². The Morgan fingerprint density at radius 1 is 1.00 bits per heavy atom. The number of benzene rings is 2. The van der Waals surface area contributed by atoms with Crippen LogP contribution in [0.3, 0.4) is 0 Å². The second-order valence-electron chi connectivity index (χ2n) is 6.34. The minimum Gasteiger partial charge on any atom is -0.360 e. The van der Waals surface area contributed by atoms with Gasteiger partial charge in [-0.1, -0.05) is 21.2 Å². The highest BCUT2D eigenvalue weighted by Crippen LogP contribution is 2.32. The van der Waals surface area contributed by atoms with E-state index in [0.29, 0.717) is 0 Å². The lowest BCUT2D eigenvalue weighted by Crippen LogP contribution is -2.27. The zero-order chi connectivity index (χ0) is 15.3. The van der Waals surface area contributed by atoms with Crippen molar-refractivity contribution >= 4 is 20.0 Å². The third-order valence-electron chi connectivity index (χ3n) is 3.61. The molecule has 3 aromatic rings. The number of fused-ring (bicyclic) bond motifs is 1. The maximum absolute atomic E-state index is 13.2. The lowest BCUT2D eigenvalue weighted by atomic mass is 10.1. The summed E-state index contributed by atoms with van der Waals surface area (Å²) in [5.74, 6) is -0.253. The Kier molecular flexibility index (Phi) is 2.85.